The number of alkyl halides is 3. The summed E-state index contributed by atoms with van der Waals surface area (Å²) in [7, 11) is -3.93. The van der Waals surface area contributed by atoms with Crippen LogP contribution >= 0.6 is 0 Å². The van der Waals surface area contributed by atoms with Crippen molar-refractivity contribution in [2.45, 2.75) is 42.7 Å². The van der Waals surface area contributed by atoms with Crippen molar-refractivity contribution in [3.05, 3.63) is 51.8 Å². The molecule has 1 aliphatic rings. The summed E-state index contributed by atoms with van der Waals surface area (Å²) in [6.07, 6.45) is -2.14. The smallest absolute Gasteiger partial charge is 0.314 e. The number of unbranched alkanes of at least 4 members (excludes halogenated alkanes) is 1. The number of benzene rings is 1. The third-order valence-electron chi connectivity index (χ3n) is 5.51. The third kappa shape index (κ3) is 6.65. The highest BCUT2D eigenvalue weighted by Gasteiger charge is 2.36. The van der Waals surface area contributed by atoms with Crippen LogP contribution in [0.1, 0.15) is 43.0 Å². The van der Waals surface area contributed by atoms with E-state index >= 15 is 0 Å². The first-order valence-corrected chi connectivity index (χ1v) is 11.8. The van der Waals surface area contributed by atoms with Crippen molar-refractivity contribution < 1.29 is 31.5 Å². The average molecular weight is 491 g/mol. The van der Waals surface area contributed by atoms with Gasteiger partial charge >= 0.3 is 6.18 Å². The maximum Gasteiger partial charge on any atom is 0.435 e. The molecule has 1 fully saturated rings. The van der Waals surface area contributed by atoms with Gasteiger partial charge in [0.15, 0.2) is 5.69 Å². The van der Waals surface area contributed by atoms with Gasteiger partial charge in [0.25, 0.3) is 5.09 Å². The zero-order valence-corrected chi connectivity index (χ0v) is 18.4. The molecule has 0 atom stereocenters. The molecule has 0 bridgehead atoms. The Bertz CT molecular complexity index is 1060. The number of rotatable bonds is 9. The van der Waals surface area contributed by atoms with E-state index in [1.165, 1.54) is 28.9 Å². The fourth-order valence-corrected chi connectivity index (χ4v) is 4.35. The molecule has 182 valence electrons. The number of sulfonamides is 1. The van der Waals surface area contributed by atoms with Crippen LogP contribution in [0.2, 0.25) is 0 Å². The van der Waals surface area contributed by atoms with Gasteiger partial charge in [-0.3, -0.25) is 0 Å². The van der Waals surface area contributed by atoms with Crippen molar-refractivity contribution in [1.29, 1.82) is 0 Å². The van der Waals surface area contributed by atoms with Gasteiger partial charge in [0.2, 0.25) is 10.0 Å². The fourth-order valence-electron chi connectivity index (χ4n) is 3.84. The first kappa shape index (κ1) is 24.9. The molecule has 14 heteroatoms. The second kappa shape index (κ2) is 10.1. The quantitative estimate of drug-likeness (QED) is 0.324. The monoisotopic (exact) mass is 491 g/mol. The normalized spacial score (nSPS) is 16.1. The molecule has 0 unspecified atom stereocenters. The average Bonchev–Trinajstić information content (AvgIpc) is 3.19. The van der Waals surface area contributed by atoms with Gasteiger partial charge in [0.1, 0.15) is 0 Å². The van der Waals surface area contributed by atoms with Crippen molar-refractivity contribution >= 4 is 10.0 Å². The summed E-state index contributed by atoms with van der Waals surface area (Å²) in [5.74, 6) is -0.166. The lowest BCUT2D eigenvalue weighted by Crippen LogP contribution is -2.34. The van der Waals surface area contributed by atoms with Gasteiger partial charge in [0.05, 0.1) is 17.2 Å². The zero-order chi connectivity index (χ0) is 24.2. The maximum absolute atomic E-state index is 13.4. The number of halogens is 3. The number of aromatic nitrogens is 2. The minimum atomic E-state index is -4.62. The highest BCUT2D eigenvalue weighted by Crippen LogP contribution is 2.35. The van der Waals surface area contributed by atoms with Gasteiger partial charge in [0, 0.05) is 11.6 Å². The second-order valence-electron chi connectivity index (χ2n) is 7.78. The maximum atomic E-state index is 13.4. The molecule has 1 aromatic heterocycles. The van der Waals surface area contributed by atoms with Crippen LogP contribution in [0.5, 0.6) is 0 Å². The fraction of sp³-hybridized carbons (Fsp3) is 0.526. The predicted octanol–water partition coefficient (Wildman–Crippen LogP) is 2.71. The Balaban J connectivity index is 1.71. The number of likely N-dealkylation sites (tertiary alicyclic amines) is 1. The van der Waals surface area contributed by atoms with Crippen molar-refractivity contribution in [2.75, 3.05) is 26.2 Å². The Hall–Kier alpha value is -2.71. The second-order valence-corrected chi connectivity index (χ2v) is 9.34. The SMILES string of the molecule is NS(=O)(=O)c1ccc(-n2nc(C(F)(F)F)cc2C2CCN(CCCCO[N+](=O)[O-])CC2)cc1. The van der Waals surface area contributed by atoms with Crippen LogP contribution in [0.4, 0.5) is 13.2 Å². The molecular formula is C19H24F3N5O5S. The summed E-state index contributed by atoms with van der Waals surface area (Å²) in [6, 6.07) is 6.25. The predicted molar refractivity (Wildman–Crippen MR) is 111 cm³/mol. The van der Waals surface area contributed by atoms with E-state index in [-0.39, 0.29) is 17.4 Å². The van der Waals surface area contributed by atoms with Gasteiger partial charge in [-0.2, -0.15) is 18.3 Å². The Labute approximate surface area is 188 Å². The summed E-state index contributed by atoms with van der Waals surface area (Å²) in [6.45, 7) is 2.08. The summed E-state index contributed by atoms with van der Waals surface area (Å²) in [5.41, 5.74) is -0.299. The number of piperidine rings is 1. The molecule has 1 aliphatic heterocycles. The van der Waals surface area contributed by atoms with Gasteiger partial charge in [-0.1, -0.05) is 0 Å². The Morgan fingerprint density at radius 3 is 2.36 bits per heavy atom. The molecule has 2 aromatic rings. The lowest BCUT2D eigenvalue weighted by atomic mass is 9.93. The van der Waals surface area contributed by atoms with Crippen LogP contribution in [-0.4, -0.2) is 54.4 Å². The molecule has 1 saturated heterocycles. The molecule has 33 heavy (non-hydrogen) atoms. The molecule has 0 saturated carbocycles. The minimum Gasteiger partial charge on any atom is -0.314 e. The lowest BCUT2D eigenvalue weighted by Gasteiger charge is -2.32. The Kier molecular flexibility index (Phi) is 7.59. The molecule has 0 spiro atoms. The largest absolute Gasteiger partial charge is 0.435 e. The van der Waals surface area contributed by atoms with Gasteiger partial charge in [-0.25, -0.2) is 18.2 Å². The minimum absolute atomic E-state index is 0.0348. The van der Waals surface area contributed by atoms with E-state index in [1.54, 1.807) is 0 Å². The van der Waals surface area contributed by atoms with Crippen LogP contribution < -0.4 is 5.14 Å². The summed E-state index contributed by atoms with van der Waals surface area (Å²) < 4.78 is 64.2. The summed E-state index contributed by atoms with van der Waals surface area (Å²) >= 11 is 0. The van der Waals surface area contributed by atoms with Crippen LogP contribution in [-0.2, 0) is 21.0 Å². The summed E-state index contributed by atoms with van der Waals surface area (Å²) in [5, 5.41) is 18.2. The molecule has 0 radical (unpaired) electrons. The van der Waals surface area contributed by atoms with Crippen LogP contribution in [0.3, 0.4) is 0 Å². The Morgan fingerprint density at radius 1 is 1.18 bits per heavy atom. The summed E-state index contributed by atoms with van der Waals surface area (Å²) in [4.78, 5) is 16.4. The molecule has 2 N–H and O–H groups in total. The molecule has 0 aliphatic carbocycles. The first-order valence-electron chi connectivity index (χ1n) is 10.2. The highest BCUT2D eigenvalue weighted by atomic mass is 32.2. The van der Waals surface area contributed by atoms with Gasteiger partial charge < -0.3 is 9.74 Å². The van der Waals surface area contributed by atoms with E-state index < -0.39 is 27.0 Å². The number of hydrogen-bond acceptors (Lipinski definition) is 7. The topological polar surface area (TPSA) is 134 Å². The van der Waals surface area contributed by atoms with E-state index in [0.29, 0.717) is 50.2 Å². The van der Waals surface area contributed by atoms with E-state index in [1.807, 2.05) is 0 Å². The van der Waals surface area contributed by atoms with Crippen LogP contribution in [0.25, 0.3) is 5.69 Å². The number of nitrogens with zero attached hydrogens (tertiary/aromatic N) is 4. The third-order valence-corrected chi connectivity index (χ3v) is 6.44. The highest BCUT2D eigenvalue weighted by molar-refractivity contribution is 7.89. The first-order chi connectivity index (χ1) is 15.4. The Morgan fingerprint density at radius 2 is 1.82 bits per heavy atom. The van der Waals surface area contributed by atoms with Crippen molar-refractivity contribution in [1.82, 2.24) is 14.7 Å². The van der Waals surface area contributed by atoms with Crippen LogP contribution in [0.15, 0.2) is 35.2 Å². The lowest BCUT2D eigenvalue weighted by molar-refractivity contribution is -0.757. The molecule has 10 nitrogen and oxygen atoms in total. The number of primary sulfonamides is 1. The molecular weight excluding hydrogens is 467 g/mol. The number of hydrogen-bond donors (Lipinski definition) is 1. The van der Waals surface area contributed by atoms with Gasteiger partial charge in [-0.05, 0) is 75.6 Å². The van der Waals surface area contributed by atoms with Gasteiger partial charge in [-0.15, -0.1) is 10.1 Å². The zero-order valence-electron chi connectivity index (χ0n) is 17.6. The van der Waals surface area contributed by atoms with E-state index in [2.05, 4.69) is 14.8 Å². The number of nitrogens with two attached hydrogens (primary N) is 1. The van der Waals surface area contributed by atoms with Crippen molar-refractivity contribution in [3.63, 3.8) is 0 Å². The molecule has 0 amide bonds. The van der Waals surface area contributed by atoms with Crippen molar-refractivity contribution in [2.24, 2.45) is 5.14 Å². The molecule has 1 aromatic carbocycles. The molecule has 2 heterocycles. The van der Waals surface area contributed by atoms with Crippen molar-refractivity contribution in [3.8, 4) is 5.69 Å². The van der Waals surface area contributed by atoms with E-state index in [9.17, 15) is 31.7 Å². The van der Waals surface area contributed by atoms with E-state index in [4.69, 9.17) is 5.14 Å². The standard InChI is InChI=1S/C19H24F3N5O5S/c20-19(21,22)18-13-17(26(24-18)15-3-5-16(6-4-15)33(23,30)31)14-7-10-25(11-8-14)9-1-2-12-32-27(28)29/h3-6,13-14H,1-2,7-12H2,(H2,23,30,31). The van der Waals surface area contributed by atoms with E-state index in [0.717, 1.165) is 12.6 Å². The molecule has 3 rings (SSSR count). The van der Waals surface area contributed by atoms with Crippen LogP contribution in [0, 0.1) is 10.1 Å².